The highest BCUT2D eigenvalue weighted by atomic mass is 32.1. The number of thiophene rings is 1. The van der Waals surface area contributed by atoms with Gasteiger partial charge in [0.25, 0.3) is 5.56 Å². The lowest BCUT2D eigenvalue weighted by molar-refractivity contribution is -0.130. The number of carbonyl (C=O) groups is 1. The molecule has 3 aromatic rings. The van der Waals surface area contributed by atoms with Crippen molar-refractivity contribution in [2.24, 2.45) is 0 Å². The smallest absolute Gasteiger partial charge is 0.262 e. The van der Waals surface area contributed by atoms with E-state index >= 15 is 0 Å². The first kappa shape index (κ1) is 18.1. The molecule has 0 bridgehead atoms. The number of hydrogen-bond donors (Lipinski definition) is 0. The number of carbonyl (C=O) groups excluding carboxylic acids is 1. The first-order valence-electron chi connectivity index (χ1n) is 8.09. The van der Waals surface area contributed by atoms with Crippen molar-refractivity contribution in [2.45, 2.75) is 13.0 Å². The van der Waals surface area contributed by atoms with Gasteiger partial charge in [-0.15, -0.1) is 11.3 Å². The van der Waals surface area contributed by atoms with Crippen molar-refractivity contribution in [1.29, 1.82) is 0 Å². The number of likely N-dealkylation sites (N-methyl/N-ethyl adjacent to an activating group) is 1. The van der Waals surface area contributed by atoms with Crippen LogP contribution in [0.1, 0.15) is 6.42 Å². The molecule has 26 heavy (non-hydrogen) atoms. The van der Waals surface area contributed by atoms with Gasteiger partial charge < -0.3 is 9.64 Å². The van der Waals surface area contributed by atoms with Crippen molar-refractivity contribution in [3.8, 4) is 5.75 Å². The first-order chi connectivity index (χ1) is 12.5. The predicted octanol–water partition coefficient (Wildman–Crippen LogP) is 2.52. The molecule has 0 atom stereocenters. The van der Waals surface area contributed by atoms with Crippen molar-refractivity contribution >= 4 is 27.5 Å². The van der Waals surface area contributed by atoms with E-state index in [2.05, 4.69) is 4.98 Å². The number of benzene rings is 1. The fraction of sp³-hybridized carbons (Fsp3) is 0.278. The van der Waals surface area contributed by atoms with Crippen LogP contribution in [0.4, 0.5) is 4.39 Å². The summed E-state index contributed by atoms with van der Waals surface area (Å²) in [6.45, 7) is 0.975. The van der Waals surface area contributed by atoms with Crippen LogP contribution >= 0.6 is 11.3 Å². The molecule has 8 heteroatoms. The quantitative estimate of drug-likeness (QED) is 0.637. The van der Waals surface area contributed by atoms with Crippen LogP contribution in [0.3, 0.4) is 0 Å². The van der Waals surface area contributed by atoms with Gasteiger partial charge in [-0.1, -0.05) is 0 Å². The zero-order valence-corrected chi connectivity index (χ0v) is 15.0. The third-order valence-electron chi connectivity index (χ3n) is 3.95. The molecule has 0 spiro atoms. The van der Waals surface area contributed by atoms with E-state index in [0.29, 0.717) is 29.1 Å². The minimum Gasteiger partial charge on any atom is -0.492 e. The number of ether oxygens (including phenoxy) is 1. The van der Waals surface area contributed by atoms with Gasteiger partial charge in [0.1, 0.15) is 23.0 Å². The van der Waals surface area contributed by atoms with E-state index in [9.17, 15) is 14.0 Å². The second kappa shape index (κ2) is 8.09. The molecular weight excluding hydrogens is 357 g/mol. The maximum absolute atomic E-state index is 12.8. The Labute approximate surface area is 153 Å². The molecule has 2 heterocycles. The molecule has 0 saturated carbocycles. The molecule has 0 saturated heterocycles. The SMILES string of the molecule is CN(CCOc1ccc(F)cc1)C(=O)CCn1cnc2sccc2c1=O. The summed E-state index contributed by atoms with van der Waals surface area (Å²) < 4.78 is 19.8. The van der Waals surface area contributed by atoms with E-state index < -0.39 is 0 Å². The lowest BCUT2D eigenvalue weighted by atomic mass is 10.3. The summed E-state index contributed by atoms with van der Waals surface area (Å²) >= 11 is 1.41. The summed E-state index contributed by atoms with van der Waals surface area (Å²) in [5, 5.41) is 2.40. The molecule has 136 valence electrons. The molecule has 0 unspecified atom stereocenters. The summed E-state index contributed by atoms with van der Waals surface area (Å²) in [5.74, 6) is 0.133. The fourth-order valence-electron chi connectivity index (χ4n) is 2.42. The van der Waals surface area contributed by atoms with Gasteiger partial charge in [0.15, 0.2) is 0 Å². The molecule has 0 aliphatic rings. The topological polar surface area (TPSA) is 64.4 Å². The van der Waals surface area contributed by atoms with E-state index in [-0.39, 0.29) is 30.2 Å². The lowest BCUT2D eigenvalue weighted by Gasteiger charge is -2.17. The van der Waals surface area contributed by atoms with Crippen molar-refractivity contribution in [3.05, 3.63) is 58.2 Å². The lowest BCUT2D eigenvalue weighted by Crippen LogP contribution is -2.32. The Bertz CT molecular complexity index is 952. The molecular formula is C18H18FN3O3S. The molecule has 0 N–H and O–H groups in total. The summed E-state index contributed by atoms with van der Waals surface area (Å²) in [7, 11) is 1.68. The van der Waals surface area contributed by atoms with Gasteiger partial charge in [-0.2, -0.15) is 0 Å². The van der Waals surface area contributed by atoms with Gasteiger partial charge in [0, 0.05) is 20.0 Å². The standard InChI is InChI=1S/C18H18FN3O3S/c1-21(9-10-25-14-4-2-13(19)3-5-14)16(23)6-8-22-12-20-17-15(18(22)24)7-11-26-17/h2-5,7,11-12H,6,8-10H2,1H3. The Morgan fingerprint density at radius 1 is 1.31 bits per heavy atom. The number of nitrogens with zero attached hydrogens (tertiary/aromatic N) is 3. The van der Waals surface area contributed by atoms with E-state index in [1.54, 1.807) is 18.0 Å². The van der Waals surface area contributed by atoms with E-state index in [0.717, 1.165) is 0 Å². The number of fused-ring (bicyclic) bond motifs is 1. The maximum Gasteiger partial charge on any atom is 0.262 e. The average Bonchev–Trinajstić information content (AvgIpc) is 3.12. The Kier molecular flexibility index (Phi) is 5.62. The molecule has 1 amide bonds. The molecule has 0 fully saturated rings. The van der Waals surface area contributed by atoms with Crippen LogP contribution in [0, 0.1) is 5.82 Å². The summed E-state index contributed by atoms with van der Waals surface area (Å²) in [6, 6.07) is 7.46. The second-order valence-electron chi connectivity index (χ2n) is 5.75. The largest absolute Gasteiger partial charge is 0.492 e. The molecule has 1 aromatic carbocycles. The monoisotopic (exact) mass is 375 g/mol. The van der Waals surface area contributed by atoms with Gasteiger partial charge in [-0.25, -0.2) is 9.37 Å². The van der Waals surface area contributed by atoms with Crippen molar-refractivity contribution < 1.29 is 13.9 Å². The first-order valence-corrected chi connectivity index (χ1v) is 8.97. The Morgan fingerprint density at radius 3 is 2.85 bits per heavy atom. The van der Waals surface area contributed by atoms with Crippen LogP contribution < -0.4 is 10.3 Å². The molecule has 6 nitrogen and oxygen atoms in total. The average molecular weight is 375 g/mol. The number of rotatable bonds is 7. The number of aryl methyl sites for hydroxylation is 1. The number of amides is 1. The van der Waals surface area contributed by atoms with Gasteiger partial charge in [0.05, 0.1) is 18.3 Å². The van der Waals surface area contributed by atoms with Crippen molar-refractivity contribution in [2.75, 3.05) is 20.2 Å². The predicted molar refractivity (Wildman–Crippen MR) is 98.0 cm³/mol. The van der Waals surface area contributed by atoms with Crippen LogP contribution in [0.25, 0.3) is 10.2 Å². The van der Waals surface area contributed by atoms with Crippen molar-refractivity contribution in [1.82, 2.24) is 14.5 Å². The van der Waals surface area contributed by atoms with E-state index in [1.807, 2.05) is 5.38 Å². The van der Waals surface area contributed by atoms with Gasteiger partial charge in [-0.3, -0.25) is 14.2 Å². The van der Waals surface area contributed by atoms with Crippen LogP contribution in [-0.2, 0) is 11.3 Å². The number of aromatic nitrogens is 2. The van der Waals surface area contributed by atoms with Crippen LogP contribution in [0.15, 0.2) is 46.8 Å². The summed E-state index contributed by atoms with van der Waals surface area (Å²) in [4.78, 5) is 31.0. The fourth-order valence-corrected chi connectivity index (χ4v) is 3.14. The second-order valence-corrected chi connectivity index (χ2v) is 6.64. The van der Waals surface area contributed by atoms with Crippen LogP contribution in [-0.4, -0.2) is 40.6 Å². The van der Waals surface area contributed by atoms with Gasteiger partial charge >= 0.3 is 0 Å². The Hall–Kier alpha value is -2.74. The molecule has 2 aromatic heterocycles. The zero-order valence-electron chi connectivity index (χ0n) is 14.2. The third kappa shape index (κ3) is 4.26. The Balaban J connectivity index is 1.48. The molecule has 3 rings (SSSR count). The van der Waals surface area contributed by atoms with E-state index in [4.69, 9.17) is 4.74 Å². The minimum atomic E-state index is -0.324. The maximum atomic E-state index is 12.8. The number of hydrogen-bond acceptors (Lipinski definition) is 5. The molecule has 0 aliphatic carbocycles. The third-order valence-corrected chi connectivity index (χ3v) is 4.77. The summed E-state index contributed by atoms with van der Waals surface area (Å²) in [5.41, 5.74) is -0.133. The minimum absolute atomic E-state index is 0.0926. The van der Waals surface area contributed by atoms with Gasteiger partial charge in [-0.05, 0) is 35.7 Å². The Morgan fingerprint density at radius 2 is 2.08 bits per heavy atom. The van der Waals surface area contributed by atoms with Crippen LogP contribution in [0.5, 0.6) is 5.75 Å². The van der Waals surface area contributed by atoms with E-state index in [1.165, 1.54) is 46.5 Å². The van der Waals surface area contributed by atoms with Crippen molar-refractivity contribution in [3.63, 3.8) is 0 Å². The molecule has 0 radical (unpaired) electrons. The number of halogens is 1. The van der Waals surface area contributed by atoms with Gasteiger partial charge in [0.2, 0.25) is 5.91 Å². The highest BCUT2D eigenvalue weighted by Gasteiger charge is 2.11. The highest BCUT2D eigenvalue weighted by molar-refractivity contribution is 7.16. The zero-order chi connectivity index (χ0) is 18.5. The normalized spacial score (nSPS) is 10.8. The molecule has 0 aliphatic heterocycles. The highest BCUT2D eigenvalue weighted by Crippen LogP contribution is 2.13. The van der Waals surface area contributed by atoms with Crippen LogP contribution in [0.2, 0.25) is 0 Å². The summed E-state index contributed by atoms with van der Waals surface area (Å²) in [6.07, 6.45) is 1.68.